The first kappa shape index (κ1) is 15.3. The minimum Gasteiger partial charge on any atom is -0.389 e. The van der Waals surface area contributed by atoms with Gasteiger partial charge < -0.3 is 15.7 Å². The SMILES string of the molecule is CCN(CC(C)(C)O)c1ccc([C@H](C)N)cc1Cl. The molecular weight excluding hydrogens is 248 g/mol. The lowest BCUT2D eigenvalue weighted by atomic mass is 10.1. The van der Waals surface area contributed by atoms with Crippen molar-refractivity contribution < 1.29 is 5.11 Å². The molecule has 0 bridgehead atoms. The highest BCUT2D eigenvalue weighted by molar-refractivity contribution is 6.33. The van der Waals surface area contributed by atoms with Crippen LogP contribution in [0.5, 0.6) is 0 Å². The number of nitrogens with two attached hydrogens (primary N) is 1. The van der Waals surface area contributed by atoms with Gasteiger partial charge in [0, 0.05) is 19.1 Å². The van der Waals surface area contributed by atoms with Crippen molar-refractivity contribution >= 4 is 17.3 Å². The number of anilines is 1. The maximum Gasteiger partial charge on any atom is 0.0765 e. The summed E-state index contributed by atoms with van der Waals surface area (Å²) in [6.45, 7) is 8.89. The Morgan fingerprint density at radius 1 is 1.44 bits per heavy atom. The quantitative estimate of drug-likeness (QED) is 0.865. The zero-order valence-corrected chi connectivity index (χ0v) is 12.3. The molecule has 3 nitrogen and oxygen atoms in total. The summed E-state index contributed by atoms with van der Waals surface area (Å²) in [5.41, 5.74) is 7.03. The van der Waals surface area contributed by atoms with Gasteiger partial charge in [-0.1, -0.05) is 17.7 Å². The molecule has 0 aliphatic carbocycles. The van der Waals surface area contributed by atoms with Crippen molar-refractivity contribution in [2.24, 2.45) is 5.73 Å². The summed E-state index contributed by atoms with van der Waals surface area (Å²) in [4.78, 5) is 2.06. The van der Waals surface area contributed by atoms with Gasteiger partial charge in [0.15, 0.2) is 0 Å². The van der Waals surface area contributed by atoms with Gasteiger partial charge in [-0.2, -0.15) is 0 Å². The molecule has 1 aromatic rings. The number of rotatable bonds is 5. The third-order valence-electron chi connectivity index (χ3n) is 2.80. The lowest BCUT2D eigenvalue weighted by Gasteiger charge is -2.30. The van der Waals surface area contributed by atoms with Crippen LogP contribution in [0.3, 0.4) is 0 Å². The van der Waals surface area contributed by atoms with Gasteiger partial charge in [0.05, 0.1) is 16.3 Å². The van der Waals surface area contributed by atoms with E-state index >= 15 is 0 Å². The van der Waals surface area contributed by atoms with E-state index in [-0.39, 0.29) is 6.04 Å². The Bertz CT molecular complexity index is 399. The minimum absolute atomic E-state index is 0.0269. The van der Waals surface area contributed by atoms with Crippen LogP contribution in [-0.2, 0) is 0 Å². The summed E-state index contributed by atoms with van der Waals surface area (Å²) < 4.78 is 0. The first-order valence-electron chi connectivity index (χ1n) is 6.27. The largest absolute Gasteiger partial charge is 0.389 e. The number of hydrogen-bond acceptors (Lipinski definition) is 3. The first-order valence-corrected chi connectivity index (χ1v) is 6.64. The molecule has 3 N–H and O–H groups in total. The van der Waals surface area contributed by atoms with Crippen molar-refractivity contribution in [1.29, 1.82) is 0 Å². The number of halogens is 1. The Kier molecular flexibility index (Phi) is 5.02. The van der Waals surface area contributed by atoms with Crippen molar-refractivity contribution in [2.75, 3.05) is 18.0 Å². The molecule has 18 heavy (non-hydrogen) atoms. The molecule has 0 saturated heterocycles. The minimum atomic E-state index is -0.751. The zero-order valence-electron chi connectivity index (χ0n) is 11.6. The number of likely N-dealkylation sites (N-methyl/N-ethyl adjacent to an activating group) is 1. The molecule has 4 heteroatoms. The lowest BCUT2D eigenvalue weighted by Crippen LogP contribution is -2.38. The van der Waals surface area contributed by atoms with E-state index in [4.69, 9.17) is 17.3 Å². The molecule has 0 amide bonds. The van der Waals surface area contributed by atoms with Crippen molar-refractivity contribution in [1.82, 2.24) is 0 Å². The van der Waals surface area contributed by atoms with Crippen LogP contribution in [-0.4, -0.2) is 23.8 Å². The fourth-order valence-electron chi connectivity index (χ4n) is 1.90. The molecule has 0 aliphatic rings. The topological polar surface area (TPSA) is 49.5 Å². The molecule has 102 valence electrons. The summed E-state index contributed by atoms with van der Waals surface area (Å²) in [5, 5.41) is 10.6. The zero-order chi connectivity index (χ0) is 13.9. The average molecular weight is 271 g/mol. The van der Waals surface area contributed by atoms with Gasteiger partial charge in [-0.15, -0.1) is 0 Å². The van der Waals surface area contributed by atoms with E-state index in [1.807, 2.05) is 32.0 Å². The molecule has 0 heterocycles. The molecule has 1 aromatic carbocycles. The first-order chi connectivity index (χ1) is 8.24. The number of nitrogens with zero attached hydrogens (tertiary/aromatic N) is 1. The third-order valence-corrected chi connectivity index (χ3v) is 3.10. The maximum absolute atomic E-state index is 9.91. The van der Waals surface area contributed by atoms with Crippen LogP contribution >= 0.6 is 11.6 Å². The summed E-state index contributed by atoms with van der Waals surface area (Å²) >= 11 is 6.30. The van der Waals surface area contributed by atoms with Gasteiger partial charge in [0.1, 0.15) is 0 Å². The summed E-state index contributed by atoms with van der Waals surface area (Å²) in [6.07, 6.45) is 0. The van der Waals surface area contributed by atoms with Crippen LogP contribution in [0.4, 0.5) is 5.69 Å². The fourth-order valence-corrected chi connectivity index (χ4v) is 2.21. The Morgan fingerprint density at radius 3 is 2.44 bits per heavy atom. The number of hydrogen-bond donors (Lipinski definition) is 2. The van der Waals surface area contributed by atoms with Gasteiger partial charge in [-0.3, -0.25) is 0 Å². The molecule has 0 saturated carbocycles. The van der Waals surface area contributed by atoms with Crippen LogP contribution in [0.1, 0.15) is 39.3 Å². The fraction of sp³-hybridized carbons (Fsp3) is 0.571. The van der Waals surface area contributed by atoms with Gasteiger partial charge in [-0.05, 0) is 45.4 Å². The molecule has 0 spiro atoms. The van der Waals surface area contributed by atoms with Crippen LogP contribution in [0.15, 0.2) is 18.2 Å². The normalized spacial score (nSPS) is 13.5. The Hall–Kier alpha value is -0.770. The summed E-state index contributed by atoms with van der Waals surface area (Å²) in [7, 11) is 0. The smallest absolute Gasteiger partial charge is 0.0765 e. The van der Waals surface area contributed by atoms with Gasteiger partial charge in [-0.25, -0.2) is 0 Å². The van der Waals surface area contributed by atoms with E-state index < -0.39 is 5.60 Å². The van der Waals surface area contributed by atoms with E-state index in [1.165, 1.54) is 0 Å². The van der Waals surface area contributed by atoms with E-state index in [2.05, 4.69) is 4.90 Å². The van der Waals surface area contributed by atoms with E-state index in [0.717, 1.165) is 17.8 Å². The highest BCUT2D eigenvalue weighted by Crippen LogP contribution is 2.29. The molecule has 0 unspecified atom stereocenters. The number of aliphatic hydroxyl groups is 1. The van der Waals surface area contributed by atoms with Gasteiger partial charge in [0.2, 0.25) is 0 Å². The van der Waals surface area contributed by atoms with E-state index in [0.29, 0.717) is 11.6 Å². The molecule has 1 atom stereocenters. The maximum atomic E-state index is 9.91. The lowest BCUT2D eigenvalue weighted by molar-refractivity contribution is 0.0876. The van der Waals surface area contributed by atoms with E-state index in [9.17, 15) is 5.11 Å². The highest BCUT2D eigenvalue weighted by atomic mass is 35.5. The monoisotopic (exact) mass is 270 g/mol. The standard InChI is InChI=1S/C14H23ClN2O/c1-5-17(9-14(3,4)18)13-7-6-11(10(2)16)8-12(13)15/h6-8,10,18H,5,9,16H2,1-4H3/t10-/m0/s1. The van der Waals surface area contributed by atoms with Crippen molar-refractivity contribution in [3.8, 4) is 0 Å². The second-order valence-corrected chi connectivity index (χ2v) is 5.73. The van der Waals surface area contributed by atoms with Gasteiger partial charge >= 0.3 is 0 Å². The molecule has 0 aliphatic heterocycles. The van der Waals surface area contributed by atoms with Crippen LogP contribution in [0.25, 0.3) is 0 Å². The Morgan fingerprint density at radius 2 is 2.06 bits per heavy atom. The predicted molar refractivity (Wildman–Crippen MR) is 78.2 cm³/mol. The van der Waals surface area contributed by atoms with Crippen LogP contribution in [0, 0.1) is 0 Å². The molecule has 0 radical (unpaired) electrons. The molecule has 0 aromatic heterocycles. The van der Waals surface area contributed by atoms with E-state index in [1.54, 1.807) is 13.8 Å². The Labute approximate surface area is 115 Å². The summed E-state index contributed by atoms with van der Waals surface area (Å²) in [6, 6.07) is 5.82. The van der Waals surface area contributed by atoms with Crippen LogP contribution < -0.4 is 10.6 Å². The summed E-state index contributed by atoms with van der Waals surface area (Å²) in [5.74, 6) is 0. The van der Waals surface area contributed by atoms with Gasteiger partial charge in [0.25, 0.3) is 0 Å². The second-order valence-electron chi connectivity index (χ2n) is 5.33. The third kappa shape index (κ3) is 4.16. The highest BCUT2D eigenvalue weighted by Gasteiger charge is 2.19. The van der Waals surface area contributed by atoms with Crippen molar-refractivity contribution in [2.45, 2.75) is 39.3 Å². The van der Waals surface area contributed by atoms with Crippen LogP contribution in [0.2, 0.25) is 5.02 Å². The predicted octanol–water partition coefficient (Wildman–Crippen LogP) is 2.96. The average Bonchev–Trinajstić information content (AvgIpc) is 2.24. The molecule has 0 fully saturated rings. The number of benzene rings is 1. The van der Waals surface area contributed by atoms with Crippen molar-refractivity contribution in [3.63, 3.8) is 0 Å². The second kappa shape index (κ2) is 5.91. The Balaban J connectivity index is 3.00. The van der Waals surface area contributed by atoms with Crippen molar-refractivity contribution in [3.05, 3.63) is 28.8 Å². The molecular formula is C14H23ClN2O. The molecule has 1 rings (SSSR count).